The van der Waals surface area contributed by atoms with Crippen molar-refractivity contribution in [2.75, 3.05) is 20.7 Å². The van der Waals surface area contributed by atoms with Gasteiger partial charge in [0.15, 0.2) is 0 Å². The summed E-state index contributed by atoms with van der Waals surface area (Å²) in [6.07, 6.45) is 1.10. The lowest BCUT2D eigenvalue weighted by molar-refractivity contribution is 0.305. The largest absolute Gasteiger partial charge is 0.496 e. The Balaban J connectivity index is 2.51. The summed E-state index contributed by atoms with van der Waals surface area (Å²) in [4.78, 5) is 2.37. The molecular formula is C15H23NO. The van der Waals surface area contributed by atoms with Crippen molar-refractivity contribution in [3.8, 4) is 5.75 Å². The quantitative estimate of drug-likeness (QED) is 0.739. The molecule has 0 unspecified atom stereocenters. The molecule has 0 fully saturated rings. The molecule has 2 rings (SSSR count). The van der Waals surface area contributed by atoms with Crippen LogP contribution in [0.15, 0.2) is 12.1 Å². The lowest BCUT2D eigenvalue weighted by Gasteiger charge is -2.29. The van der Waals surface area contributed by atoms with Crippen LogP contribution in [0, 0.1) is 0 Å². The number of rotatable bonds is 1. The first-order valence-corrected chi connectivity index (χ1v) is 6.30. The van der Waals surface area contributed by atoms with Gasteiger partial charge in [0.1, 0.15) is 5.75 Å². The highest BCUT2D eigenvalue weighted by Crippen LogP contribution is 2.33. The van der Waals surface area contributed by atoms with Crippen LogP contribution in [-0.4, -0.2) is 25.6 Å². The molecule has 2 heteroatoms. The zero-order valence-corrected chi connectivity index (χ0v) is 11.6. The molecule has 0 saturated carbocycles. The zero-order valence-electron chi connectivity index (χ0n) is 11.6. The van der Waals surface area contributed by atoms with E-state index < -0.39 is 0 Å². The molecule has 2 nitrogen and oxygen atoms in total. The number of methoxy groups -OCH3 is 1. The maximum atomic E-state index is 5.57. The van der Waals surface area contributed by atoms with E-state index in [0.717, 1.165) is 25.3 Å². The van der Waals surface area contributed by atoms with E-state index in [1.54, 1.807) is 7.11 Å². The van der Waals surface area contributed by atoms with Gasteiger partial charge in [-0.05, 0) is 41.6 Å². The highest BCUT2D eigenvalue weighted by Gasteiger charge is 2.22. The third-order valence-corrected chi connectivity index (χ3v) is 3.57. The van der Waals surface area contributed by atoms with Crippen LogP contribution in [0.25, 0.3) is 0 Å². The Kier molecular flexibility index (Phi) is 3.17. The smallest absolute Gasteiger partial charge is 0.122 e. The second-order valence-corrected chi connectivity index (χ2v) is 6.05. The SMILES string of the molecule is COc1cc(C(C)(C)C)cc2c1CCN(C)C2. The second-order valence-electron chi connectivity index (χ2n) is 6.05. The van der Waals surface area contributed by atoms with E-state index >= 15 is 0 Å². The Morgan fingerprint density at radius 1 is 1.24 bits per heavy atom. The number of hydrogen-bond acceptors (Lipinski definition) is 2. The lowest BCUT2D eigenvalue weighted by Crippen LogP contribution is -2.27. The Labute approximate surface area is 105 Å². The van der Waals surface area contributed by atoms with Crippen molar-refractivity contribution in [3.63, 3.8) is 0 Å². The normalized spacial score (nSPS) is 16.8. The first kappa shape index (κ1) is 12.4. The number of fused-ring (bicyclic) bond motifs is 1. The molecule has 0 atom stereocenters. The summed E-state index contributed by atoms with van der Waals surface area (Å²) in [5, 5.41) is 0. The number of likely N-dealkylation sites (N-methyl/N-ethyl adjacent to an activating group) is 1. The van der Waals surface area contributed by atoms with E-state index in [9.17, 15) is 0 Å². The molecule has 1 aromatic rings. The van der Waals surface area contributed by atoms with E-state index in [2.05, 4.69) is 44.9 Å². The minimum Gasteiger partial charge on any atom is -0.496 e. The predicted octanol–water partition coefficient (Wildman–Crippen LogP) is 2.98. The van der Waals surface area contributed by atoms with Gasteiger partial charge in [0.05, 0.1) is 7.11 Å². The Morgan fingerprint density at radius 2 is 1.94 bits per heavy atom. The van der Waals surface area contributed by atoms with Gasteiger partial charge in [-0.2, -0.15) is 0 Å². The molecule has 0 radical (unpaired) electrons. The highest BCUT2D eigenvalue weighted by molar-refractivity contribution is 5.47. The number of benzene rings is 1. The minimum absolute atomic E-state index is 0.179. The Bertz CT molecular complexity index is 418. The van der Waals surface area contributed by atoms with E-state index in [1.807, 2.05) is 0 Å². The van der Waals surface area contributed by atoms with Gasteiger partial charge in [0.2, 0.25) is 0 Å². The van der Waals surface area contributed by atoms with Crippen LogP contribution >= 0.6 is 0 Å². The Hall–Kier alpha value is -1.02. The molecular weight excluding hydrogens is 210 g/mol. The molecule has 1 heterocycles. The van der Waals surface area contributed by atoms with Gasteiger partial charge < -0.3 is 9.64 Å². The van der Waals surface area contributed by atoms with Crippen molar-refractivity contribution in [3.05, 3.63) is 28.8 Å². The van der Waals surface area contributed by atoms with Crippen LogP contribution in [0.5, 0.6) is 5.75 Å². The van der Waals surface area contributed by atoms with E-state index in [4.69, 9.17) is 4.74 Å². The van der Waals surface area contributed by atoms with Crippen LogP contribution in [0.1, 0.15) is 37.5 Å². The molecule has 0 aromatic heterocycles. The molecule has 0 bridgehead atoms. The highest BCUT2D eigenvalue weighted by atomic mass is 16.5. The summed E-state index contributed by atoms with van der Waals surface area (Å²) < 4.78 is 5.57. The van der Waals surface area contributed by atoms with Gasteiger partial charge in [0, 0.05) is 13.1 Å². The average molecular weight is 233 g/mol. The zero-order chi connectivity index (χ0) is 12.6. The molecule has 0 spiro atoms. The van der Waals surface area contributed by atoms with Crippen LogP contribution in [0.4, 0.5) is 0 Å². The molecule has 0 N–H and O–H groups in total. The maximum Gasteiger partial charge on any atom is 0.122 e. The van der Waals surface area contributed by atoms with Crippen LogP contribution in [0.2, 0.25) is 0 Å². The molecule has 1 aromatic carbocycles. The molecule has 0 saturated heterocycles. The predicted molar refractivity (Wildman–Crippen MR) is 71.7 cm³/mol. The fraction of sp³-hybridized carbons (Fsp3) is 0.600. The van der Waals surface area contributed by atoms with E-state index in [-0.39, 0.29) is 5.41 Å². The van der Waals surface area contributed by atoms with Crippen LogP contribution in [-0.2, 0) is 18.4 Å². The second kappa shape index (κ2) is 4.34. The molecule has 17 heavy (non-hydrogen) atoms. The summed E-state index contributed by atoms with van der Waals surface area (Å²) in [6.45, 7) is 8.91. The minimum atomic E-state index is 0.179. The average Bonchev–Trinajstić information content (AvgIpc) is 2.25. The third-order valence-electron chi connectivity index (χ3n) is 3.57. The van der Waals surface area contributed by atoms with Gasteiger partial charge in [-0.3, -0.25) is 0 Å². The summed E-state index contributed by atoms with van der Waals surface area (Å²) >= 11 is 0. The van der Waals surface area contributed by atoms with Gasteiger partial charge in [0.25, 0.3) is 0 Å². The van der Waals surface area contributed by atoms with Crippen LogP contribution in [0.3, 0.4) is 0 Å². The Morgan fingerprint density at radius 3 is 2.53 bits per heavy atom. The summed E-state index contributed by atoms with van der Waals surface area (Å²) in [5.41, 5.74) is 4.38. The van der Waals surface area contributed by atoms with Crippen molar-refractivity contribution in [1.82, 2.24) is 4.90 Å². The maximum absolute atomic E-state index is 5.57. The summed E-state index contributed by atoms with van der Waals surface area (Å²) in [6, 6.07) is 4.57. The topological polar surface area (TPSA) is 12.5 Å². The fourth-order valence-corrected chi connectivity index (χ4v) is 2.42. The number of nitrogens with zero attached hydrogens (tertiary/aromatic N) is 1. The third kappa shape index (κ3) is 2.47. The van der Waals surface area contributed by atoms with Crippen molar-refractivity contribution >= 4 is 0 Å². The molecule has 1 aliphatic rings. The van der Waals surface area contributed by atoms with Crippen molar-refractivity contribution in [2.45, 2.75) is 39.2 Å². The first-order valence-electron chi connectivity index (χ1n) is 6.30. The molecule has 0 amide bonds. The molecule has 0 aliphatic carbocycles. The van der Waals surface area contributed by atoms with Crippen LogP contribution < -0.4 is 4.74 Å². The monoisotopic (exact) mass is 233 g/mol. The van der Waals surface area contributed by atoms with Crippen molar-refractivity contribution < 1.29 is 4.74 Å². The lowest BCUT2D eigenvalue weighted by atomic mass is 9.83. The number of ether oxygens (including phenoxy) is 1. The van der Waals surface area contributed by atoms with E-state index in [1.165, 1.54) is 16.7 Å². The van der Waals surface area contributed by atoms with Crippen molar-refractivity contribution in [1.29, 1.82) is 0 Å². The molecule has 94 valence electrons. The summed E-state index contributed by atoms with van der Waals surface area (Å²) in [5.74, 6) is 1.07. The van der Waals surface area contributed by atoms with Gasteiger partial charge in [-0.25, -0.2) is 0 Å². The van der Waals surface area contributed by atoms with Gasteiger partial charge >= 0.3 is 0 Å². The van der Waals surface area contributed by atoms with Gasteiger partial charge in [-0.15, -0.1) is 0 Å². The van der Waals surface area contributed by atoms with Crippen molar-refractivity contribution in [2.24, 2.45) is 0 Å². The number of hydrogen-bond donors (Lipinski definition) is 0. The van der Waals surface area contributed by atoms with E-state index in [0.29, 0.717) is 0 Å². The standard InChI is InChI=1S/C15H23NO/c1-15(2,3)12-8-11-10-16(4)7-6-13(11)14(9-12)17-5/h8-9H,6-7,10H2,1-5H3. The summed E-state index contributed by atoms with van der Waals surface area (Å²) in [7, 11) is 3.96. The molecule has 1 aliphatic heterocycles. The first-order chi connectivity index (χ1) is 7.91. The van der Waals surface area contributed by atoms with Gasteiger partial charge in [-0.1, -0.05) is 26.8 Å². The fourth-order valence-electron chi connectivity index (χ4n) is 2.42.